The van der Waals surface area contributed by atoms with E-state index in [-0.39, 0.29) is 17.8 Å². The number of aliphatic hydroxyl groups is 1. The summed E-state index contributed by atoms with van der Waals surface area (Å²) < 4.78 is 26.6. The second-order valence-electron chi connectivity index (χ2n) is 5.91. The molecule has 0 fully saturated rings. The molecule has 0 aliphatic rings. The van der Waals surface area contributed by atoms with E-state index in [0.29, 0.717) is 5.69 Å². The van der Waals surface area contributed by atoms with Crippen molar-refractivity contribution in [1.29, 1.82) is 0 Å². The summed E-state index contributed by atoms with van der Waals surface area (Å²) in [4.78, 5) is 0. The number of aliphatic hydroxyl groups excluding tert-OH is 1. The van der Waals surface area contributed by atoms with Gasteiger partial charge >= 0.3 is 0 Å². The van der Waals surface area contributed by atoms with E-state index < -0.39 is 10.0 Å². The van der Waals surface area contributed by atoms with E-state index in [2.05, 4.69) is 16.6 Å². The quantitative estimate of drug-likeness (QED) is 0.840. The molecule has 110 valence electrons. The summed E-state index contributed by atoms with van der Waals surface area (Å²) in [5.74, 6) is 5.45. The zero-order chi connectivity index (χ0) is 15.4. The number of hydrogen-bond donors (Lipinski definition) is 2. The molecule has 0 amide bonds. The number of anilines is 1. The van der Waals surface area contributed by atoms with Crippen molar-refractivity contribution in [2.24, 2.45) is 5.41 Å². The van der Waals surface area contributed by atoms with Crippen molar-refractivity contribution in [2.75, 3.05) is 17.1 Å². The van der Waals surface area contributed by atoms with Gasteiger partial charge in [-0.25, -0.2) is 8.42 Å². The molecule has 0 aliphatic carbocycles. The Balaban J connectivity index is 2.92. The van der Waals surface area contributed by atoms with Crippen LogP contribution in [0.25, 0.3) is 0 Å². The monoisotopic (exact) mass is 295 g/mol. The summed E-state index contributed by atoms with van der Waals surface area (Å²) in [7, 11) is -3.36. The maximum absolute atomic E-state index is 12.0. The van der Waals surface area contributed by atoms with E-state index >= 15 is 0 Å². The van der Waals surface area contributed by atoms with Crippen LogP contribution in [0.15, 0.2) is 18.2 Å². The van der Waals surface area contributed by atoms with Crippen molar-refractivity contribution < 1.29 is 13.5 Å². The maximum atomic E-state index is 12.0. The standard InChI is InChI=1S/C15H21NO3S/c1-12-10-14(8-7-13(12)6-5-9-17)16-20(18,19)11-15(2,3)4/h7-8,10,16-17H,9,11H2,1-4H3. The van der Waals surface area contributed by atoms with Gasteiger partial charge in [0, 0.05) is 11.3 Å². The third-order valence-corrected chi connectivity index (χ3v) is 4.22. The number of benzene rings is 1. The summed E-state index contributed by atoms with van der Waals surface area (Å²) in [6, 6.07) is 5.16. The molecule has 0 unspecified atom stereocenters. The highest BCUT2D eigenvalue weighted by Crippen LogP contribution is 2.20. The van der Waals surface area contributed by atoms with Crippen molar-refractivity contribution in [1.82, 2.24) is 0 Å². The zero-order valence-corrected chi connectivity index (χ0v) is 13.1. The molecule has 0 saturated heterocycles. The van der Waals surface area contributed by atoms with E-state index in [1.807, 2.05) is 27.7 Å². The lowest BCUT2D eigenvalue weighted by molar-refractivity contribution is 0.350. The highest BCUT2D eigenvalue weighted by atomic mass is 32.2. The molecular formula is C15H21NO3S. The van der Waals surface area contributed by atoms with Crippen molar-refractivity contribution in [3.05, 3.63) is 29.3 Å². The molecule has 0 radical (unpaired) electrons. The Hall–Kier alpha value is -1.51. The van der Waals surface area contributed by atoms with Gasteiger partial charge in [0.05, 0.1) is 5.75 Å². The third kappa shape index (κ3) is 5.64. The van der Waals surface area contributed by atoms with Gasteiger partial charge in [-0.15, -0.1) is 0 Å². The molecule has 1 rings (SSSR count). The predicted octanol–water partition coefficient (Wildman–Crippen LogP) is 2.13. The third-order valence-electron chi connectivity index (χ3n) is 2.42. The fraction of sp³-hybridized carbons (Fsp3) is 0.467. The molecule has 4 nitrogen and oxygen atoms in total. The normalized spacial score (nSPS) is 11.7. The first-order valence-corrected chi connectivity index (χ1v) is 7.99. The van der Waals surface area contributed by atoms with Crippen LogP contribution in [-0.2, 0) is 10.0 Å². The molecular weight excluding hydrogens is 274 g/mol. The summed E-state index contributed by atoms with van der Waals surface area (Å²) in [6.07, 6.45) is 0. The molecule has 1 aromatic carbocycles. The van der Waals surface area contributed by atoms with E-state index in [0.717, 1.165) is 11.1 Å². The van der Waals surface area contributed by atoms with Crippen LogP contribution in [0.4, 0.5) is 5.69 Å². The first-order valence-electron chi connectivity index (χ1n) is 6.34. The number of nitrogens with one attached hydrogen (secondary N) is 1. The fourth-order valence-electron chi connectivity index (χ4n) is 1.79. The minimum Gasteiger partial charge on any atom is -0.384 e. The molecule has 0 bridgehead atoms. The van der Waals surface area contributed by atoms with Gasteiger partial charge in [0.2, 0.25) is 10.0 Å². The molecule has 0 saturated carbocycles. The lowest BCUT2D eigenvalue weighted by Gasteiger charge is -2.19. The number of sulfonamides is 1. The molecule has 0 spiro atoms. The Kier molecular flexibility index (Phi) is 5.21. The Bertz CT molecular complexity index is 631. The molecule has 0 heterocycles. The minimum atomic E-state index is -3.36. The maximum Gasteiger partial charge on any atom is 0.233 e. The van der Waals surface area contributed by atoms with Crippen LogP contribution in [0.5, 0.6) is 0 Å². The Morgan fingerprint density at radius 3 is 2.45 bits per heavy atom. The molecule has 0 atom stereocenters. The highest BCUT2D eigenvalue weighted by Gasteiger charge is 2.21. The van der Waals surface area contributed by atoms with Crippen molar-refractivity contribution in [3.8, 4) is 11.8 Å². The van der Waals surface area contributed by atoms with Crippen molar-refractivity contribution >= 4 is 15.7 Å². The number of aryl methyl sites for hydroxylation is 1. The smallest absolute Gasteiger partial charge is 0.233 e. The van der Waals surface area contributed by atoms with Crippen LogP contribution < -0.4 is 4.72 Å². The van der Waals surface area contributed by atoms with Crippen LogP contribution in [0.2, 0.25) is 0 Å². The Morgan fingerprint density at radius 1 is 1.30 bits per heavy atom. The SMILES string of the molecule is Cc1cc(NS(=O)(=O)CC(C)(C)C)ccc1C#CCO. The van der Waals surface area contributed by atoms with E-state index in [1.54, 1.807) is 18.2 Å². The van der Waals surface area contributed by atoms with E-state index in [9.17, 15) is 8.42 Å². The van der Waals surface area contributed by atoms with E-state index in [1.165, 1.54) is 0 Å². The molecule has 1 aromatic rings. The summed E-state index contributed by atoms with van der Waals surface area (Å²) in [5, 5.41) is 8.67. The van der Waals surface area contributed by atoms with Gasteiger partial charge in [0.1, 0.15) is 6.61 Å². The highest BCUT2D eigenvalue weighted by molar-refractivity contribution is 7.92. The fourth-order valence-corrected chi connectivity index (χ4v) is 3.49. The summed E-state index contributed by atoms with van der Waals surface area (Å²) in [5.41, 5.74) is 1.87. The molecule has 5 heteroatoms. The summed E-state index contributed by atoms with van der Waals surface area (Å²) in [6.45, 7) is 7.30. The van der Waals surface area contributed by atoms with Gasteiger partial charge in [-0.2, -0.15) is 0 Å². The van der Waals surface area contributed by atoms with Crippen LogP contribution in [0, 0.1) is 24.2 Å². The Labute approximate surface area is 121 Å². The van der Waals surface area contributed by atoms with Gasteiger partial charge in [-0.1, -0.05) is 32.6 Å². The molecule has 0 aliphatic heterocycles. The van der Waals surface area contributed by atoms with Crippen molar-refractivity contribution in [2.45, 2.75) is 27.7 Å². The number of hydrogen-bond acceptors (Lipinski definition) is 3. The predicted molar refractivity (Wildman–Crippen MR) is 82.0 cm³/mol. The van der Waals surface area contributed by atoms with Crippen LogP contribution in [0.3, 0.4) is 0 Å². The van der Waals surface area contributed by atoms with Gasteiger partial charge < -0.3 is 5.11 Å². The topological polar surface area (TPSA) is 66.4 Å². The summed E-state index contributed by atoms with van der Waals surface area (Å²) >= 11 is 0. The molecule has 0 aromatic heterocycles. The van der Waals surface area contributed by atoms with Gasteiger partial charge in [0.25, 0.3) is 0 Å². The lowest BCUT2D eigenvalue weighted by Crippen LogP contribution is -2.26. The minimum absolute atomic E-state index is 0.0606. The van der Waals surface area contributed by atoms with Gasteiger partial charge in [0.15, 0.2) is 0 Å². The van der Waals surface area contributed by atoms with Gasteiger partial charge in [-0.05, 0) is 36.1 Å². The molecule has 20 heavy (non-hydrogen) atoms. The second-order valence-corrected chi connectivity index (χ2v) is 7.63. The first kappa shape index (κ1) is 16.5. The van der Waals surface area contributed by atoms with Crippen LogP contribution in [0.1, 0.15) is 31.9 Å². The number of rotatable bonds is 3. The van der Waals surface area contributed by atoms with Gasteiger partial charge in [-0.3, -0.25) is 4.72 Å². The average molecular weight is 295 g/mol. The van der Waals surface area contributed by atoms with E-state index in [4.69, 9.17) is 5.11 Å². The second kappa shape index (κ2) is 6.29. The Morgan fingerprint density at radius 2 is 1.95 bits per heavy atom. The lowest BCUT2D eigenvalue weighted by atomic mass is 10.0. The first-order chi connectivity index (χ1) is 9.13. The largest absolute Gasteiger partial charge is 0.384 e. The van der Waals surface area contributed by atoms with Crippen LogP contribution in [-0.4, -0.2) is 25.9 Å². The average Bonchev–Trinajstić information content (AvgIpc) is 2.23. The molecule has 2 N–H and O–H groups in total. The van der Waals surface area contributed by atoms with Crippen molar-refractivity contribution in [3.63, 3.8) is 0 Å². The van der Waals surface area contributed by atoms with Crippen LogP contribution >= 0.6 is 0 Å². The zero-order valence-electron chi connectivity index (χ0n) is 12.3.